The Morgan fingerprint density at radius 2 is 1.15 bits per heavy atom. The van der Waals surface area contributed by atoms with Gasteiger partial charge in [-0.05, 0) is 168 Å². The van der Waals surface area contributed by atoms with Gasteiger partial charge in [0, 0.05) is 5.41 Å². The van der Waals surface area contributed by atoms with Crippen LogP contribution >= 0.6 is 0 Å². The van der Waals surface area contributed by atoms with Crippen LogP contribution in [-0.2, 0) is 47.7 Å². The molecule has 6 bridgehead atoms. The monoisotopic (exact) mass is 873 g/mol. The molecule has 0 aromatic rings. The molecule has 6 aliphatic carbocycles. The molecule has 10 heteroatoms. The minimum Gasteiger partial charge on any atom is -0.462 e. The summed E-state index contributed by atoms with van der Waals surface area (Å²) in [4.78, 5) is 61.0. The number of hydrogen-bond acceptors (Lipinski definition) is 10. The molecule has 0 aromatic heterocycles. The first-order valence-corrected chi connectivity index (χ1v) is 24.6. The smallest absolute Gasteiger partial charge is 0.312 e. The topological polar surface area (TPSA) is 132 Å². The average Bonchev–Trinajstić information content (AvgIpc) is 3.52. The Kier molecular flexibility index (Phi) is 16.3. The molecule has 7 aliphatic rings. The lowest BCUT2D eigenvalue weighted by molar-refractivity contribution is -0.231. The predicted octanol–water partition coefficient (Wildman–Crippen LogP) is 11.6. The summed E-state index contributed by atoms with van der Waals surface area (Å²) in [6.07, 6.45) is 15.3. The molecule has 0 N–H and O–H groups in total. The summed E-state index contributed by atoms with van der Waals surface area (Å²) >= 11 is 0. The molecule has 0 spiro atoms. The zero-order valence-corrected chi connectivity index (χ0v) is 42.0. The van der Waals surface area contributed by atoms with Gasteiger partial charge in [-0.2, -0.15) is 0 Å². The third-order valence-electron chi connectivity index (χ3n) is 17.5. The highest BCUT2D eigenvalue weighted by Gasteiger charge is 2.70. The number of hydrogen-bond donors (Lipinski definition) is 0. The van der Waals surface area contributed by atoms with Crippen molar-refractivity contribution in [3.8, 4) is 0 Å². The molecule has 1 heterocycles. The van der Waals surface area contributed by atoms with Crippen LogP contribution in [0.25, 0.3) is 0 Å². The van der Waals surface area contributed by atoms with Gasteiger partial charge in [0.25, 0.3) is 0 Å². The summed E-state index contributed by atoms with van der Waals surface area (Å²) in [6, 6.07) is 0. The molecular formula is C52H88O10. The van der Waals surface area contributed by atoms with Crippen molar-refractivity contribution in [3.63, 3.8) is 0 Å². The molecule has 1 saturated heterocycles. The van der Waals surface area contributed by atoms with Gasteiger partial charge in [-0.1, -0.05) is 67.7 Å². The second-order valence-corrected chi connectivity index (χ2v) is 23.7. The fraction of sp³-hybridized carbons (Fsp3) is 0.904. The highest BCUT2D eigenvalue weighted by atomic mass is 16.6. The maximum atomic E-state index is 12.8. The minimum atomic E-state index is -0.654. The van der Waals surface area contributed by atoms with Crippen LogP contribution in [0.4, 0.5) is 0 Å². The van der Waals surface area contributed by atoms with Crippen molar-refractivity contribution in [2.24, 2.45) is 68.5 Å². The van der Waals surface area contributed by atoms with Gasteiger partial charge in [0.1, 0.15) is 30.5 Å². The van der Waals surface area contributed by atoms with E-state index in [0.717, 1.165) is 24.7 Å². The molecule has 1 aliphatic heterocycles. The molecular weight excluding hydrogens is 785 g/mol. The Bertz CT molecular complexity index is 1570. The second-order valence-electron chi connectivity index (χ2n) is 23.7. The van der Waals surface area contributed by atoms with Crippen LogP contribution in [0.2, 0.25) is 0 Å². The highest BCUT2D eigenvalue weighted by Crippen LogP contribution is 2.63. The van der Waals surface area contributed by atoms with E-state index in [-0.39, 0.29) is 59.1 Å². The lowest BCUT2D eigenvalue weighted by atomic mass is 9.47. The molecule has 3 unspecified atom stereocenters. The molecule has 62 heavy (non-hydrogen) atoms. The Hall–Kier alpha value is -2.65. The van der Waals surface area contributed by atoms with E-state index in [2.05, 4.69) is 34.6 Å². The van der Waals surface area contributed by atoms with Gasteiger partial charge in [-0.25, -0.2) is 0 Å². The number of fused-ring (bicyclic) bond motifs is 2. The summed E-state index contributed by atoms with van der Waals surface area (Å²) in [5.41, 5.74) is -2.77. The van der Waals surface area contributed by atoms with Gasteiger partial charge in [0.15, 0.2) is 0 Å². The zero-order valence-electron chi connectivity index (χ0n) is 42.0. The van der Waals surface area contributed by atoms with Gasteiger partial charge in [-0.3, -0.25) is 24.0 Å². The fourth-order valence-electron chi connectivity index (χ4n) is 11.4. The first-order chi connectivity index (χ1) is 28.6. The van der Waals surface area contributed by atoms with Gasteiger partial charge in [-0.15, -0.1) is 0 Å². The first kappa shape index (κ1) is 52.0. The maximum Gasteiger partial charge on any atom is 0.312 e. The SMILES string of the molecule is CCC(C)(C)C(=O)OC(C)(C)C1CCCCC1.CCC(C)(C)C(=O)OC1(C(C)C)C2CC3CC(C2)CC1C3.CCC(C)(C)C(=O)OCCOC(=O)C1CC2(C)C(=O)OC1C2(C)C. The van der Waals surface area contributed by atoms with Crippen LogP contribution in [-0.4, -0.2) is 60.4 Å². The molecule has 6 saturated carbocycles. The normalized spacial score (nSPS) is 31.3. The Balaban J connectivity index is 0.000000208. The van der Waals surface area contributed by atoms with Crippen molar-refractivity contribution < 1.29 is 47.7 Å². The van der Waals surface area contributed by atoms with E-state index in [0.29, 0.717) is 36.5 Å². The quantitative estimate of drug-likeness (QED) is 0.0944. The number of carbonyl (C=O) groups is 5. The predicted molar refractivity (Wildman–Crippen MR) is 241 cm³/mol. The number of ether oxygens (including phenoxy) is 5. The van der Waals surface area contributed by atoms with Crippen LogP contribution in [0.3, 0.4) is 0 Å². The van der Waals surface area contributed by atoms with E-state index in [9.17, 15) is 24.0 Å². The van der Waals surface area contributed by atoms with Gasteiger partial charge >= 0.3 is 29.8 Å². The molecule has 0 radical (unpaired) electrons. The van der Waals surface area contributed by atoms with E-state index < -0.39 is 34.2 Å². The number of rotatable bonds is 14. The van der Waals surface area contributed by atoms with Crippen LogP contribution in [0.15, 0.2) is 0 Å². The average molecular weight is 873 g/mol. The molecule has 7 rings (SSSR count). The minimum absolute atomic E-state index is 0.0126. The summed E-state index contributed by atoms with van der Waals surface area (Å²) < 4.78 is 28.0. The standard InChI is InChI=1S/C19H32O2.C18H28O6.C15H28O2/c1-6-18(4,5)17(20)21-19(12(2)3)15-8-13-7-14(10-15)11-16(19)9-13;1-7-16(2,3)14(20)23-9-8-22-13(19)11-10-18(6)15(21)24-12(11)17(18,4)5;1-6-14(2,3)13(16)17-15(4,5)12-10-8-7-9-11-12/h12-16H,6-11H2,1-5H3;11-12H,7-10H2,1-6H3;12H,6-11H2,1-5H3. The summed E-state index contributed by atoms with van der Waals surface area (Å²) in [7, 11) is 0. The molecule has 7 fully saturated rings. The Morgan fingerprint density at radius 1 is 0.677 bits per heavy atom. The lowest BCUT2D eigenvalue weighted by Crippen LogP contribution is -2.63. The van der Waals surface area contributed by atoms with E-state index in [1.54, 1.807) is 0 Å². The van der Waals surface area contributed by atoms with Crippen LogP contribution in [0.1, 0.15) is 201 Å². The van der Waals surface area contributed by atoms with Crippen molar-refractivity contribution in [1.82, 2.24) is 0 Å². The Labute approximate surface area is 376 Å². The van der Waals surface area contributed by atoms with Crippen molar-refractivity contribution >= 4 is 29.8 Å². The highest BCUT2D eigenvalue weighted by molar-refractivity contribution is 5.86. The Morgan fingerprint density at radius 3 is 1.58 bits per heavy atom. The van der Waals surface area contributed by atoms with E-state index in [1.807, 2.05) is 76.2 Å². The van der Waals surface area contributed by atoms with Gasteiger partial charge in [0.2, 0.25) is 0 Å². The summed E-state index contributed by atoms with van der Waals surface area (Å²) in [6.45, 7) is 32.1. The van der Waals surface area contributed by atoms with E-state index >= 15 is 0 Å². The van der Waals surface area contributed by atoms with Crippen molar-refractivity contribution in [2.75, 3.05) is 13.2 Å². The first-order valence-electron chi connectivity index (χ1n) is 24.6. The molecule has 10 nitrogen and oxygen atoms in total. The van der Waals surface area contributed by atoms with Crippen LogP contribution in [0.5, 0.6) is 0 Å². The second kappa shape index (κ2) is 19.4. The summed E-state index contributed by atoms with van der Waals surface area (Å²) in [5, 5.41) is 0. The van der Waals surface area contributed by atoms with Crippen LogP contribution < -0.4 is 0 Å². The molecule has 356 valence electrons. The lowest BCUT2D eigenvalue weighted by Gasteiger charge is -2.62. The number of esters is 5. The van der Waals surface area contributed by atoms with Crippen molar-refractivity contribution in [3.05, 3.63) is 0 Å². The molecule has 3 atom stereocenters. The van der Waals surface area contributed by atoms with Gasteiger partial charge < -0.3 is 23.7 Å². The summed E-state index contributed by atoms with van der Waals surface area (Å²) in [5.74, 6) is 2.63. The third-order valence-corrected chi connectivity index (χ3v) is 17.5. The largest absolute Gasteiger partial charge is 0.462 e. The zero-order chi connectivity index (χ0) is 46.9. The number of carbonyl (C=O) groups excluding carboxylic acids is 5. The van der Waals surface area contributed by atoms with E-state index in [1.165, 1.54) is 64.2 Å². The molecule has 0 amide bonds. The maximum absolute atomic E-state index is 12.8. The van der Waals surface area contributed by atoms with Gasteiger partial charge in [0.05, 0.1) is 27.6 Å². The van der Waals surface area contributed by atoms with Crippen LogP contribution in [0, 0.1) is 68.5 Å². The van der Waals surface area contributed by atoms with Crippen molar-refractivity contribution in [2.45, 2.75) is 218 Å². The van der Waals surface area contributed by atoms with Crippen molar-refractivity contribution in [1.29, 1.82) is 0 Å². The van der Waals surface area contributed by atoms with E-state index in [4.69, 9.17) is 23.7 Å². The third kappa shape index (κ3) is 10.6. The fourth-order valence-corrected chi connectivity index (χ4v) is 11.4. The molecule has 0 aromatic carbocycles.